The van der Waals surface area contributed by atoms with E-state index in [1.165, 1.54) is 31.5 Å². The summed E-state index contributed by atoms with van der Waals surface area (Å²) in [7, 11) is 0. The first kappa shape index (κ1) is 16.8. The molecule has 0 aromatic heterocycles. The number of hydrogen-bond donors (Lipinski definition) is 1. The molecule has 0 saturated carbocycles. The molecule has 1 aromatic rings. The van der Waals surface area contributed by atoms with Crippen LogP contribution >= 0.6 is 11.6 Å². The van der Waals surface area contributed by atoms with Crippen molar-refractivity contribution in [3.05, 3.63) is 34.9 Å². The molecular formula is C18H29ClN2. The normalized spacial score (nSPS) is 21.7. The monoisotopic (exact) mass is 308 g/mol. The molecule has 2 nitrogen and oxygen atoms in total. The van der Waals surface area contributed by atoms with Gasteiger partial charge in [0.15, 0.2) is 0 Å². The molecule has 0 aliphatic carbocycles. The second-order valence-electron chi connectivity index (χ2n) is 6.55. The van der Waals surface area contributed by atoms with Gasteiger partial charge in [-0.05, 0) is 56.0 Å². The number of benzene rings is 1. The summed E-state index contributed by atoms with van der Waals surface area (Å²) in [5, 5.41) is 4.44. The lowest BCUT2D eigenvalue weighted by Gasteiger charge is -2.38. The van der Waals surface area contributed by atoms with Gasteiger partial charge in [-0.25, -0.2) is 0 Å². The van der Waals surface area contributed by atoms with Gasteiger partial charge in [-0.1, -0.05) is 44.5 Å². The summed E-state index contributed by atoms with van der Waals surface area (Å²) in [6.45, 7) is 10.3. The van der Waals surface area contributed by atoms with Crippen molar-refractivity contribution >= 4 is 11.6 Å². The number of nitrogens with one attached hydrogen (secondary N) is 1. The molecule has 1 N–H and O–H groups in total. The third-order valence-electron chi connectivity index (χ3n) is 4.43. The second kappa shape index (κ2) is 8.17. The predicted octanol–water partition coefficient (Wildman–Crippen LogP) is 4.50. The maximum absolute atomic E-state index is 6.17. The Bertz CT molecular complexity index is 433. The summed E-state index contributed by atoms with van der Waals surface area (Å²) in [5.74, 6) is 0.773. The highest BCUT2D eigenvalue weighted by Gasteiger charge is 2.25. The summed E-state index contributed by atoms with van der Waals surface area (Å²) in [6.07, 6.45) is 3.80. The first-order chi connectivity index (χ1) is 10.1. The van der Waals surface area contributed by atoms with Crippen molar-refractivity contribution in [1.82, 2.24) is 10.2 Å². The third kappa shape index (κ3) is 4.98. The number of halogens is 1. The van der Waals surface area contributed by atoms with Crippen LogP contribution in [0, 0.1) is 5.92 Å². The van der Waals surface area contributed by atoms with Crippen molar-refractivity contribution in [2.75, 3.05) is 19.6 Å². The Morgan fingerprint density at radius 2 is 2.19 bits per heavy atom. The molecule has 3 heteroatoms. The molecule has 1 aromatic carbocycles. The van der Waals surface area contributed by atoms with E-state index in [4.69, 9.17) is 11.6 Å². The van der Waals surface area contributed by atoms with Crippen molar-refractivity contribution in [1.29, 1.82) is 0 Å². The van der Waals surface area contributed by atoms with E-state index in [0.717, 1.165) is 23.9 Å². The lowest BCUT2D eigenvalue weighted by Crippen LogP contribution is -2.42. The summed E-state index contributed by atoms with van der Waals surface area (Å²) in [4.78, 5) is 2.65. The molecule has 2 atom stereocenters. The van der Waals surface area contributed by atoms with E-state index in [0.29, 0.717) is 12.1 Å². The van der Waals surface area contributed by atoms with Gasteiger partial charge in [-0.3, -0.25) is 4.90 Å². The molecule has 2 rings (SSSR count). The van der Waals surface area contributed by atoms with Crippen LogP contribution < -0.4 is 5.32 Å². The Hall–Kier alpha value is -0.570. The van der Waals surface area contributed by atoms with Gasteiger partial charge in [-0.15, -0.1) is 0 Å². The smallest absolute Gasteiger partial charge is 0.0409 e. The summed E-state index contributed by atoms with van der Waals surface area (Å²) in [6, 6.07) is 9.47. The minimum Gasteiger partial charge on any atom is -0.314 e. The third-order valence-corrected chi connectivity index (χ3v) is 4.66. The van der Waals surface area contributed by atoms with Gasteiger partial charge in [-0.2, -0.15) is 0 Å². The average Bonchev–Trinajstić information content (AvgIpc) is 2.46. The van der Waals surface area contributed by atoms with Crippen LogP contribution in [0.4, 0.5) is 0 Å². The topological polar surface area (TPSA) is 15.3 Å². The minimum atomic E-state index is 0.505. The van der Waals surface area contributed by atoms with Gasteiger partial charge in [0.1, 0.15) is 0 Å². The molecule has 21 heavy (non-hydrogen) atoms. The molecule has 2 unspecified atom stereocenters. The van der Waals surface area contributed by atoms with Crippen LogP contribution in [-0.4, -0.2) is 30.6 Å². The van der Waals surface area contributed by atoms with E-state index in [9.17, 15) is 0 Å². The molecule has 1 saturated heterocycles. The zero-order valence-electron chi connectivity index (χ0n) is 13.6. The van der Waals surface area contributed by atoms with Gasteiger partial charge in [0.2, 0.25) is 0 Å². The van der Waals surface area contributed by atoms with Crippen LogP contribution in [0.3, 0.4) is 0 Å². The zero-order valence-corrected chi connectivity index (χ0v) is 14.4. The van der Waals surface area contributed by atoms with Crippen LogP contribution in [0.25, 0.3) is 0 Å². The summed E-state index contributed by atoms with van der Waals surface area (Å²) in [5.41, 5.74) is 1.36. The molecule has 1 aliphatic heterocycles. The fraction of sp³-hybridized carbons (Fsp3) is 0.667. The van der Waals surface area contributed by atoms with Gasteiger partial charge in [0, 0.05) is 23.7 Å². The molecule has 1 aliphatic rings. The molecule has 0 amide bonds. The number of likely N-dealkylation sites (tertiary alicyclic amines) is 1. The molecule has 0 radical (unpaired) electrons. The minimum absolute atomic E-state index is 0.505. The van der Waals surface area contributed by atoms with Crippen LogP contribution in [0.2, 0.25) is 5.02 Å². The van der Waals surface area contributed by atoms with Crippen LogP contribution in [0.5, 0.6) is 0 Å². The van der Waals surface area contributed by atoms with E-state index in [-0.39, 0.29) is 0 Å². The fourth-order valence-electron chi connectivity index (χ4n) is 3.37. The molecule has 1 fully saturated rings. The van der Waals surface area contributed by atoms with Crippen molar-refractivity contribution in [2.45, 2.75) is 52.1 Å². The summed E-state index contributed by atoms with van der Waals surface area (Å²) >= 11 is 6.17. The Morgan fingerprint density at radius 1 is 1.38 bits per heavy atom. The summed E-state index contributed by atoms with van der Waals surface area (Å²) < 4.78 is 0. The van der Waals surface area contributed by atoms with Crippen LogP contribution in [0.1, 0.15) is 51.6 Å². The molecular weight excluding hydrogens is 280 g/mol. The highest BCUT2D eigenvalue weighted by Crippen LogP contribution is 2.30. The van der Waals surface area contributed by atoms with Crippen molar-refractivity contribution < 1.29 is 0 Å². The fourth-order valence-corrected chi connectivity index (χ4v) is 3.57. The van der Waals surface area contributed by atoms with Crippen molar-refractivity contribution in [3.63, 3.8) is 0 Å². The maximum Gasteiger partial charge on any atom is 0.0409 e. The Labute approximate surface area is 134 Å². The lowest BCUT2D eigenvalue weighted by atomic mass is 9.93. The van der Waals surface area contributed by atoms with E-state index in [1.807, 2.05) is 6.07 Å². The molecule has 1 heterocycles. The zero-order chi connectivity index (χ0) is 15.2. The molecule has 118 valence electrons. The average molecular weight is 309 g/mol. The number of nitrogens with zero attached hydrogens (tertiary/aromatic N) is 1. The highest BCUT2D eigenvalue weighted by atomic mass is 35.5. The van der Waals surface area contributed by atoms with E-state index in [1.54, 1.807) is 0 Å². The number of rotatable bonds is 6. The quantitative estimate of drug-likeness (QED) is 0.832. The van der Waals surface area contributed by atoms with Gasteiger partial charge < -0.3 is 5.32 Å². The van der Waals surface area contributed by atoms with Gasteiger partial charge in [0.05, 0.1) is 0 Å². The van der Waals surface area contributed by atoms with Crippen molar-refractivity contribution in [3.8, 4) is 0 Å². The van der Waals surface area contributed by atoms with Crippen LogP contribution in [-0.2, 0) is 0 Å². The number of hydrogen-bond acceptors (Lipinski definition) is 2. The van der Waals surface area contributed by atoms with Gasteiger partial charge in [0.25, 0.3) is 0 Å². The Balaban J connectivity index is 2.00. The van der Waals surface area contributed by atoms with Crippen LogP contribution in [0.15, 0.2) is 24.3 Å². The Kier molecular flexibility index (Phi) is 6.53. The first-order valence-electron chi connectivity index (χ1n) is 8.33. The molecule has 0 bridgehead atoms. The van der Waals surface area contributed by atoms with E-state index < -0.39 is 0 Å². The Morgan fingerprint density at radius 3 is 2.86 bits per heavy atom. The number of piperidine rings is 1. The largest absolute Gasteiger partial charge is 0.314 e. The van der Waals surface area contributed by atoms with Gasteiger partial charge >= 0.3 is 0 Å². The van der Waals surface area contributed by atoms with E-state index >= 15 is 0 Å². The van der Waals surface area contributed by atoms with E-state index in [2.05, 4.69) is 49.2 Å². The first-order valence-corrected chi connectivity index (χ1v) is 8.70. The van der Waals surface area contributed by atoms with Crippen molar-refractivity contribution in [2.24, 2.45) is 5.92 Å². The standard InChI is InChI=1S/C18H29ClN2/c1-4-18(16-8-5-9-17(19)11-16)21-10-6-7-15(13-21)12-20-14(2)3/h5,8-9,11,14-15,18,20H,4,6-7,10,12-13H2,1-3H3. The maximum atomic E-state index is 6.17. The SMILES string of the molecule is CCC(c1cccc(Cl)c1)N1CCCC(CNC(C)C)C1. The lowest BCUT2D eigenvalue weighted by molar-refractivity contribution is 0.118. The highest BCUT2D eigenvalue weighted by molar-refractivity contribution is 6.30. The second-order valence-corrected chi connectivity index (χ2v) is 6.98. The predicted molar refractivity (Wildman–Crippen MR) is 91.9 cm³/mol. The molecule has 0 spiro atoms.